The number of nitrogens with zero attached hydrogens (tertiary/aromatic N) is 2. The summed E-state index contributed by atoms with van der Waals surface area (Å²) >= 11 is 6.46. The van der Waals surface area contributed by atoms with E-state index in [0.29, 0.717) is 10.7 Å². The Morgan fingerprint density at radius 1 is 1.08 bits per heavy atom. The van der Waals surface area contributed by atoms with Gasteiger partial charge in [-0.3, -0.25) is 4.79 Å². The first-order chi connectivity index (χ1) is 11.7. The van der Waals surface area contributed by atoms with Gasteiger partial charge in [0, 0.05) is 15.8 Å². The van der Waals surface area contributed by atoms with E-state index in [-0.39, 0.29) is 12.3 Å². The summed E-state index contributed by atoms with van der Waals surface area (Å²) in [7, 11) is 0. The highest BCUT2D eigenvalue weighted by Crippen LogP contribution is 2.28. The van der Waals surface area contributed by atoms with Crippen LogP contribution < -0.4 is 5.32 Å². The van der Waals surface area contributed by atoms with Crippen LogP contribution in [0.5, 0.6) is 0 Å². The van der Waals surface area contributed by atoms with Crippen LogP contribution in [0.3, 0.4) is 0 Å². The summed E-state index contributed by atoms with van der Waals surface area (Å²) in [5, 5.41) is 11.9. The molecule has 7 heteroatoms. The molecule has 0 unspecified atom stereocenters. The molecule has 0 aliphatic rings. The largest absolute Gasteiger partial charge is 0.353 e. The molecule has 0 amide bonds. The van der Waals surface area contributed by atoms with E-state index in [4.69, 9.17) is 0 Å². The second-order valence-electron chi connectivity index (χ2n) is 4.93. The van der Waals surface area contributed by atoms with Gasteiger partial charge in [-0.05, 0) is 17.7 Å². The number of nitrogens with one attached hydrogen (secondary N) is 1. The van der Waals surface area contributed by atoms with Gasteiger partial charge in [-0.15, -0.1) is 10.2 Å². The number of Topliss-reactive ketones (excluding diaryl/α,β-unsaturated/α-hetero) is 1. The highest BCUT2D eigenvalue weighted by Gasteiger charge is 2.09. The molecule has 0 atom stereocenters. The summed E-state index contributed by atoms with van der Waals surface area (Å²) in [6, 6.07) is 17.5. The second kappa shape index (κ2) is 8.41. The van der Waals surface area contributed by atoms with Crippen LogP contribution in [0.25, 0.3) is 0 Å². The van der Waals surface area contributed by atoms with E-state index < -0.39 is 0 Å². The van der Waals surface area contributed by atoms with Crippen LogP contribution in [-0.2, 0) is 5.75 Å². The lowest BCUT2D eigenvalue weighted by Gasteiger charge is -2.02. The molecule has 0 saturated carbocycles. The zero-order valence-corrected chi connectivity index (χ0v) is 15.8. The van der Waals surface area contributed by atoms with Crippen LogP contribution in [-0.4, -0.2) is 22.5 Å². The zero-order valence-electron chi connectivity index (χ0n) is 12.6. The average molecular weight is 420 g/mol. The SMILES string of the molecule is O=C(CNc1nnc(SCc2ccccc2)s1)c1ccc(Br)cc1. The van der Waals surface area contributed by atoms with Gasteiger partial charge in [0.25, 0.3) is 0 Å². The third-order valence-electron chi connectivity index (χ3n) is 3.18. The van der Waals surface area contributed by atoms with Crippen molar-refractivity contribution < 1.29 is 4.79 Å². The molecule has 1 heterocycles. The molecule has 0 radical (unpaired) electrons. The van der Waals surface area contributed by atoms with Crippen molar-refractivity contribution in [3.05, 3.63) is 70.2 Å². The van der Waals surface area contributed by atoms with Crippen LogP contribution in [0.15, 0.2) is 63.4 Å². The van der Waals surface area contributed by atoms with Crippen LogP contribution in [0.2, 0.25) is 0 Å². The fraction of sp³-hybridized carbons (Fsp3) is 0.118. The fourth-order valence-electron chi connectivity index (χ4n) is 1.95. The van der Waals surface area contributed by atoms with Gasteiger partial charge < -0.3 is 5.32 Å². The first-order valence-electron chi connectivity index (χ1n) is 7.23. The maximum Gasteiger partial charge on any atom is 0.206 e. The molecule has 2 aromatic carbocycles. The van der Waals surface area contributed by atoms with E-state index in [2.05, 4.69) is 43.6 Å². The monoisotopic (exact) mass is 419 g/mol. The Bertz CT molecular complexity index is 806. The Hall–Kier alpha value is -1.70. The Morgan fingerprint density at radius 2 is 1.83 bits per heavy atom. The van der Waals surface area contributed by atoms with Gasteiger partial charge in [0.05, 0.1) is 6.54 Å². The van der Waals surface area contributed by atoms with Gasteiger partial charge in [0.1, 0.15) is 0 Å². The van der Waals surface area contributed by atoms with Crippen molar-refractivity contribution in [3.8, 4) is 0 Å². The van der Waals surface area contributed by atoms with E-state index in [0.717, 1.165) is 14.6 Å². The second-order valence-corrected chi connectivity index (χ2v) is 8.05. The molecule has 0 aliphatic carbocycles. The molecule has 0 aliphatic heterocycles. The van der Waals surface area contributed by atoms with Gasteiger partial charge in [0.15, 0.2) is 10.1 Å². The highest BCUT2D eigenvalue weighted by atomic mass is 79.9. The van der Waals surface area contributed by atoms with Crippen molar-refractivity contribution in [2.75, 3.05) is 11.9 Å². The highest BCUT2D eigenvalue weighted by molar-refractivity contribution is 9.10. The summed E-state index contributed by atoms with van der Waals surface area (Å²) in [5.74, 6) is 0.879. The van der Waals surface area contributed by atoms with Gasteiger partial charge in [0.2, 0.25) is 5.13 Å². The average Bonchev–Trinajstić information content (AvgIpc) is 3.07. The van der Waals surface area contributed by atoms with E-state index >= 15 is 0 Å². The molecule has 0 saturated heterocycles. The third kappa shape index (κ3) is 4.90. The third-order valence-corrected chi connectivity index (χ3v) is 5.79. The Balaban J connectivity index is 1.50. The molecule has 1 aromatic heterocycles. The molecule has 0 spiro atoms. The summed E-state index contributed by atoms with van der Waals surface area (Å²) in [6.45, 7) is 0.208. The Morgan fingerprint density at radius 3 is 2.58 bits per heavy atom. The number of anilines is 1. The number of hydrogen-bond acceptors (Lipinski definition) is 6. The van der Waals surface area contributed by atoms with Crippen molar-refractivity contribution in [1.82, 2.24) is 10.2 Å². The van der Waals surface area contributed by atoms with Gasteiger partial charge >= 0.3 is 0 Å². The number of carbonyl (C=O) groups is 1. The first-order valence-corrected chi connectivity index (χ1v) is 9.83. The van der Waals surface area contributed by atoms with E-state index in [1.165, 1.54) is 16.9 Å². The molecule has 0 fully saturated rings. The van der Waals surface area contributed by atoms with Crippen molar-refractivity contribution >= 4 is 49.9 Å². The standard InChI is InChI=1S/C17H14BrN3OS2/c18-14-8-6-13(7-9-14)15(22)10-19-16-20-21-17(24-16)23-11-12-4-2-1-3-5-12/h1-9H,10-11H2,(H,19,20). The van der Waals surface area contributed by atoms with Gasteiger partial charge in [-0.25, -0.2) is 0 Å². The predicted octanol–water partition coefficient (Wildman–Crippen LogP) is 4.89. The number of hydrogen-bond donors (Lipinski definition) is 1. The molecule has 3 rings (SSSR count). The van der Waals surface area contributed by atoms with E-state index in [1.807, 2.05) is 30.3 Å². The molecule has 0 bridgehead atoms. The van der Waals surface area contributed by atoms with Crippen LogP contribution in [0.1, 0.15) is 15.9 Å². The number of ketones is 1. The number of aromatic nitrogens is 2. The smallest absolute Gasteiger partial charge is 0.206 e. The molecular weight excluding hydrogens is 406 g/mol. The van der Waals surface area contributed by atoms with Crippen LogP contribution in [0, 0.1) is 0 Å². The Kier molecular flexibility index (Phi) is 6.01. The summed E-state index contributed by atoms with van der Waals surface area (Å²) < 4.78 is 1.84. The van der Waals surface area contributed by atoms with Gasteiger partial charge in [-0.2, -0.15) is 0 Å². The molecule has 3 aromatic rings. The number of thioether (sulfide) groups is 1. The summed E-state index contributed by atoms with van der Waals surface area (Å²) in [4.78, 5) is 12.1. The van der Waals surface area contributed by atoms with Crippen molar-refractivity contribution in [1.29, 1.82) is 0 Å². The maximum atomic E-state index is 12.1. The first kappa shape index (κ1) is 17.1. The topological polar surface area (TPSA) is 54.9 Å². The summed E-state index contributed by atoms with van der Waals surface area (Å²) in [5.41, 5.74) is 1.92. The quantitative estimate of drug-likeness (QED) is 0.436. The minimum atomic E-state index is 0.0242. The normalized spacial score (nSPS) is 10.5. The number of carbonyl (C=O) groups excluding carboxylic acids is 1. The number of halogens is 1. The molecule has 24 heavy (non-hydrogen) atoms. The van der Waals surface area contributed by atoms with Crippen LogP contribution >= 0.6 is 39.0 Å². The van der Waals surface area contributed by atoms with Crippen molar-refractivity contribution in [2.24, 2.45) is 0 Å². The molecular formula is C17H14BrN3OS2. The maximum absolute atomic E-state index is 12.1. The van der Waals surface area contributed by atoms with E-state index in [1.54, 1.807) is 23.9 Å². The van der Waals surface area contributed by atoms with E-state index in [9.17, 15) is 4.79 Å². The lowest BCUT2D eigenvalue weighted by Crippen LogP contribution is -2.13. The molecule has 4 nitrogen and oxygen atoms in total. The minimum absolute atomic E-state index is 0.0242. The number of benzene rings is 2. The van der Waals surface area contributed by atoms with Gasteiger partial charge in [-0.1, -0.05) is 81.5 Å². The summed E-state index contributed by atoms with van der Waals surface area (Å²) in [6.07, 6.45) is 0. The minimum Gasteiger partial charge on any atom is -0.353 e. The van der Waals surface area contributed by atoms with Crippen LogP contribution in [0.4, 0.5) is 5.13 Å². The predicted molar refractivity (Wildman–Crippen MR) is 103 cm³/mol. The number of rotatable bonds is 7. The zero-order chi connectivity index (χ0) is 16.8. The lowest BCUT2D eigenvalue weighted by atomic mass is 10.1. The fourth-order valence-corrected chi connectivity index (χ4v) is 3.92. The van der Waals surface area contributed by atoms with Crippen molar-refractivity contribution in [3.63, 3.8) is 0 Å². The lowest BCUT2D eigenvalue weighted by molar-refractivity contribution is 0.101. The molecule has 122 valence electrons. The molecule has 1 N–H and O–H groups in total. The van der Waals surface area contributed by atoms with Crippen molar-refractivity contribution in [2.45, 2.75) is 10.1 Å². The Labute approximate surface area is 156 Å².